The van der Waals surface area contributed by atoms with Crippen LogP contribution in [0.1, 0.15) is 41.0 Å². The van der Waals surface area contributed by atoms with Crippen LogP contribution in [0.4, 0.5) is 5.69 Å². The van der Waals surface area contributed by atoms with E-state index < -0.39 is 15.9 Å². The molecule has 1 N–H and O–H groups in total. The first-order chi connectivity index (χ1) is 17.2. The van der Waals surface area contributed by atoms with Gasteiger partial charge < -0.3 is 14.6 Å². The topological polar surface area (TPSA) is 102 Å². The van der Waals surface area contributed by atoms with Crippen molar-refractivity contribution in [3.05, 3.63) is 70.6 Å². The maximum absolute atomic E-state index is 13.7. The highest BCUT2D eigenvalue weighted by molar-refractivity contribution is 7.89. The molecule has 1 unspecified atom stereocenters. The minimum Gasteiger partial charge on any atom is -0.497 e. The van der Waals surface area contributed by atoms with Gasteiger partial charge in [-0.1, -0.05) is 41.1 Å². The zero-order chi connectivity index (χ0) is 25.9. The molecule has 0 saturated carbocycles. The molecule has 0 radical (unpaired) electrons. The molecule has 1 saturated heterocycles. The molecular weight excluding hydrogens is 478 g/mol. The summed E-state index contributed by atoms with van der Waals surface area (Å²) in [6, 6.07) is 13.1. The van der Waals surface area contributed by atoms with Gasteiger partial charge in [0, 0.05) is 24.8 Å². The fourth-order valence-electron chi connectivity index (χ4n) is 4.35. The summed E-state index contributed by atoms with van der Waals surface area (Å²) < 4.78 is 39.3. The number of benzene rings is 2. The molecule has 1 aliphatic heterocycles. The van der Waals surface area contributed by atoms with Gasteiger partial charge in [0.15, 0.2) is 10.7 Å². The number of methoxy groups -OCH3 is 1. The Morgan fingerprint density at radius 1 is 1.17 bits per heavy atom. The Hall–Kier alpha value is -3.43. The van der Waals surface area contributed by atoms with Crippen LogP contribution in [0.3, 0.4) is 0 Å². The molecule has 0 spiro atoms. The Labute approximate surface area is 212 Å². The molecule has 0 aliphatic carbocycles. The van der Waals surface area contributed by atoms with Crippen molar-refractivity contribution in [2.45, 2.75) is 38.5 Å². The molecule has 1 amide bonds. The number of amides is 1. The Bertz CT molecular complexity index is 1390. The van der Waals surface area contributed by atoms with E-state index in [1.54, 1.807) is 44.4 Å². The zero-order valence-corrected chi connectivity index (χ0v) is 21.8. The van der Waals surface area contributed by atoms with E-state index >= 15 is 0 Å². The number of piperidine rings is 1. The number of hydrogen-bond donors (Lipinski definition) is 1. The van der Waals surface area contributed by atoms with Crippen molar-refractivity contribution in [1.82, 2.24) is 9.46 Å². The fourth-order valence-corrected chi connectivity index (χ4v) is 6.13. The Balaban J connectivity index is 1.54. The monoisotopic (exact) mass is 509 g/mol. The van der Waals surface area contributed by atoms with Crippen LogP contribution in [0.5, 0.6) is 5.75 Å². The van der Waals surface area contributed by atoms with Crippen molar-refractivity contribution < 1.29 is 22.5 Å². The van der Waals surface area contributed by atoms with Gasteiger partial charge in [0.05, 0.1) is 13.0 Å². The van der Waals surface area contributed by atoms with E-state index in [0.29, 0.717) is 36.5 Å². The van der Waals surface area contributed by atoms with Crippen molar-refractivity contribution in [1.29, 1.82) is 0 Å². The third-order valence-corrected chi connectivity index (χ3v) is 8.40. The van der Waals surface area contributed by atoms with Gasteiger partial charge >= 0.3 is 0 Å². The van der Waals surface area contributed by atoms with E-state index in [-0.39, 0.29) is 23.1 Å². The van der Waals surface area contributed by atoms with Crippen LogP contribution < -0.4 is 10.1 Å². The van der Waals surface area contributed by atoms with Gasteiger partial charge in [-0.3, -0.25) is 4.79 Å². The molecule has 9 heteroatoms. The Kier molecular flexibility index (Phi) is 7.61. The normalized spacial score (nSPS) is 16.8. The molecule has 1 atom stereocenters. The summed E-state index contributed by atoms with van der Waals surface area (Å²) in [5.74, 6) is 0.107. The highest BCUT2D eigenvalue weighted by atomic mass is 32.2. The van der Waals surface area contributed by atoms with E-state index in [2.05, 4.69) is 10.5 Å². The van der Waals surface area contributed by atoms with Gasteiger partial charge in [-0.25, -0.2) is 8.42 Å². The van der Waals surface area contributed by atoms with Crippen LogP contribution in [-0.4, -0.2) is 44.0 Å². The van der Waals surface area contributed by atoms with Crippen LogP contribution in [0.25, 0.3) is 12.2 Å². The molecule has 190 valence electrons. The van der Waals surface area contributed by atoms with E-state index in [1.807, 2.05) is 38.1 Å². The lowest BCUT2D eigenvalue weighted by molar-refractivity contribution is -0.120. The van der Waals surface area contributed by atoms with Crippen molar-refractivity contribution in [3.8, 4) is 5.75 Å². The molecule has 1 aromatic heterocycles. The molecule has 1 aliphatic rings. The highest BCUT2D eigenvalue weighted by Gasteiger charge is 2.37. The van der Waals surface area contributed by atoms with Gasteiger partial charge in [0.25, 0.3) is 0 Å². The lowest BCUT2D eigenvalue weighted by Gasteiger charge is -2.31. The van der Waals surface area contributed by atoms with Gasteiger partial charge in [-0.15, -0.1) is 0 Å². The molecule has 2 aromatic carbocycles. The third kappa shape index (κ3) is 5.52. The number of nitrogens with zero attached hydrogens (tertiary/aromatic N) is 2. The predicted octanol–water partition coefficient (Wildman–Crippen LogP) is 4.82. The van der Waals surface area contributed by atoms with Gasteiger partial charge in [0.1, 0.15) is 11.4 Å². The van der Waals surface area contributed by atoms with Gasteiger partial charge in [0.2, 0.25) is 15.9 Å². The number of carbonyl (C=O) groups is 1. The summed E-state index contributed by atoms with van der Waals surface area (Å²) in [5, 5.41) is 6.81. The van der Waals surface area contributed by atoms with E-state index in [9.17, 15) is 13.2 Å². The minimum atomic E-state index is -3.93. The van der Waals surface area contributed by atoms with Crippen molar-refractivity contribution in [2.24, 2.45) is 5.92 Å². The number of nitrogens with one attached hydrogen (secondary N) is 1. The Morgan fingerprint density at radius 2 is 1.97 bits per heavy atom. The SMILES string of the molecule is COc1cccc(NC(=O)C2CCCN(S(=O)(=O)c3c(C)noc3C=Cc3cc(C)ccc3C)C2)c1. The lowest BCUT2D eigenvalue weighted by Crippen LogP contribution is -2.43. The van der Waals surface area contributed by atoms with Crippen LogP contribution in [0, 0.1) is 26.7 Å². The van der Waals surface area contributed by atoms with Crippen LogP contribution in [-0.2, 0) is 14.8 Å². The molecule has 36 heavy (non-hydrogen) atoms. The number of aryl methyl sites for hydroxylation is 3. The predicted molar refractivity (Wildman–Crippen MR) is 139 cm³/mol. The summed E-state index contributed by atoms with van der Waals surface area (Å²) in [5.41, 5.74) is 4.04. The summed E-state index contributed by atoms with van der Waals surface area (Å²) >= 11 is 0. The first-order valence-corrected chi connectivity index (χ1v) is 13.3. The van der Waals surface area contributed by atoms with E-state index in [4.69, 9.17) is 9.26 Å². The number of ether oxygens (including phenoxy) is 1. The highest BCUT2D eigenvalue weighted by Crippen LogP contribution is 2.30. The van der Waals surface area contributed by atoms with Crippen molar-refractivity contribution in [2.75, 3.05) is 25.5 Å². The van der Waals surface area contributed by atoms with Crippen LogP contribution in [0.15, 0.2) is 51.9 Å². The molecule has 2 heterocycles. The number of carbonyl (C=O) groups excluding carboxylic acids is 1. The molecule has 3 aromatic rings. The number of aromatic nitrogens is 1. The maximum Gasteiger partial charge on any atom is 0.248 e. The smallest absolute Gasteiger partial charge is 0.248 e. The molecule has 0 bridgehead atoms. The average Bonchev–Trinajstić information content (AvgIpc) is 3.25. The minimum absolute atomic E-state index is 0.0397. The summed E-state index contributed by atoms with van der Waals surface area (Å²) in [7, 11) is -2.37. The van der Waals surface area contributed by atoms with Crippen molar-refractivity contribution in [3.63, 3.8) is 0 Å². The number of sulfonamides is 1. The Morgan fingerprint density at radius 3 is 2.75 bits per heavy atom. The first-order valence-electron chi connectivity index (χ1n) is 11.9. The molecular formula is C27H31N3O5S. The van der Waals surface area contributed by atoms with Gasteiger partial charge in [-0.2, -0.15) is 4.31 Å². The fraction of sp³-hybridized carbons (Fsp3) is 0.333. The third-order valence-electron chi connectivity index (χ3n) is 6.37. The second kappa shape index (κ2) is 10.7. The second-order valence-corrected chi connectivity index (χ2v) is 11.0. The second-order valence-electron chi connectivity index (χ2n) is 9.08. The average molecular weight is 510 g/mol. The van der Waals surface area contributed by atoms with Crippen LogP contribution >= 0.6 is 0 Å². The quantitative estimate of drug-likeness (QED) is 0.490. The largest absolute Gasteiger partial charge is 0.497 e. The molecule has 8 nitrogen and oxygen atoms in total. The summed E-state index contributed by atoms with van der Waals surface area (Å²) in [6.07, 6.45) is 4.66. The van der Waals surface area contributed by atoms with Crippen molar-refractivity contribution >= 4 is 33.8 Å². The molecule has 1 fully saturated rings. The number of hydrogen-bond acceptors (Lipinski definition) is 6. The summed E-state index contributed by atoms with van der Waals surface area (Å²) in [4.78, 5) is 13.0. The van der Waals surface area contributed by atoms with E-state index in [1.165, 1.54) is 4.31 Å². The van der Waals surface area contributed by atoms with E-state index in [0.717, 1.165) is 16.7 Å². The number of anilines is 1. The molecule has 4 rings (SSSR count). The van der Waals surface area contributed by atoms with Gasteiger partial charge in [-0.05, 0) is 62.9 Å². The summed E-state index contributed by atoms with van der Waals surface area (Å²) in [6.45, 7) is 6.02. The maximum atomic E-state index is 13.7. The zero-order valence-electron chi connectivity index (χ0n) is 20.9. The standard InChI is InChI=1S/C27H31N3O5S/c1-18-10-11-19(2)21(15-18)12-13-25-26(20(3)29-35-25)36(32,33)30-14-6-7-22(17-30)27(31)28-23-8-5-9-24(16-23)34-4/h5,8-13,15-16,22H,6-7,14,17H2,1-4H3,(H,28,31). The lowest BCUT2D eigenvalue weighted by atomic mass is 9.98. The van der Waals surface area contributed by atoms with Crippen LogP contribution in [0.2, 0.25) is 0 Å². The number of rotatable bonds is 7. The first kappa shape index (κ1) is 25.7.